The van der Waals surface area contributed by atoms with Crippen LogP contribution in [-0.2, 0) is 14.3 Å². The highest BCUT2D eigenvalue weighted by Crippen LogP contribution is 2.59. The summed E-state index contributed by atoms with van der Waals surface area (Å²) in [5, 5.41) is 12.2. The molecule has 2 fully saturated rings. The number of halogens is 1. The van der Waals surface area contributed by atoms with Crippen molar-refractivity contribution in [3.05, 3.63) is 60.7 Å². The van der Waals surface area contributed by atoms with Crippen LogP contribution in [0.1, 0.15) is 24.2 Å². The Morgan fingerprint density at radius 3 is 2.65 bits per heavy atom. The third kappa shape index (κ3) is 3.32. The Kier molecular flexibility index (Phi) is 5.52. The molecule has 6 nitrogen and oxygen atoms in total. The van der Waals surface area contributed by atoms with Crippen LogP contribution in [0.2, 0.25) is 0 Å². The molecule has 0 saturated carbocycles. The van der Waals surface area contributed by atoms with Crippen molar-refractivity contribution in [2.24, 2.45) is 0 Å². The molecule has 162 valence electrons. The minimum absolute atomic E-state index is 0.0469. The molecular formula is C23H22BrNO5S. The van der Waals surface area contributed by atoms with Gasteiger partial charge in [-0.25, -0.2) is 4.79 Å². The Morgan fingerprint density at radius 1 is 1.29 bits per heavy atom. The SMILES string of the molecule is C=CCOC(=O)[C@@H]1N2C(=O)C(Br)([C@H](O)C(=O)c3ccc4ccccc4c3)[C@H]2SC1(C)C. The van der Waals surface area contributed by atoms with Gasteiger partial charge in [0.15, 0.2) is 10.1 Å². The molecule has 2 aliphatic rings. The Bertz CT molecular complexity index is 1100. The number of carbonyl (C=O) groups is 3. The Morgan fingerprint density at radius 2 is 1.97 bits per heavy atom. The molecule has 8 heteroatoms. The molecule has 0 aromatic heterocycles. The van der Waals surface area contributed by atoms with E-state index in [9.17, 15) is 19.5 Å². The highest BCUT2D eigenvalue weighted by Gasteiger charge is 2.74. The van der Waals surface area contributed by atoms with E-state index in [-0.39, 0.29) is 6.61 Å². The number of alkyl halides is 1. The van der Waals surface area contributed by atoms with Crippen LogP contribution in [0, 0.1) is 0 Å². The number of hydrogen-bond donors (Lipinski definition) is 1. The van der Waals surface area contributed by atoms with Crippen molar-refractivity contribution in [3.63, 3.8) is 0 Å². The van der Waals surface area contributed by atoms with Gasteiger partial charge in [-0.15, -0.1) is 11.8 Å². The Balaban J connectivity index is 1.61. The minimum atomic E-state index is -1.60. The third-order valence-electron chi connectivity index (χ3n) is 5.77. The quantitative estimate of drug-likeness (QED) is 0.214. The normalized spacial score (nSPS) is 27.4. The first-order valence-corrected chi connectivity index (χ1v) is 11.5. The summed E-state index contributed by atoms with van der Waals surface area (Å²) in [6, 6.07) is 11.9. The number of carbonyl (C=O) groups excluding carboxylic acids is 3. The molecule has 0 spiro atoms. The largest absolute Gasteiger partial charge is 0.460 e. The molecule has 4 atom stereocenters. The first-order chi connectivity index (χ1) is 14.6. The second-order valence-electron chi connectivity index (χ2n) is 8.20. The molecule has 2 saturated heterocycles. The summed E-state index contributed by atoms with van der Waals surface area (Å²) in [7, 11) is 0. The molecule has 2 aromatic rings. The number of nitrogens with zero attached hydrogens (tertiary/aromatic N) is 1. The number of ketones is 1. The molecule has 1 unspecified atom stereocenters. The highest BCUT2D eigenvalue weighted by molar-refractivity contribution is 9.10. The van der Waals surface area contributed by atoms with E-state index in [4.69, 9.17) is 4.74 Å². The molecule has 1 amide bonds. The third-order valence-corrected chi connectivity index (χ3v) is 8.94. The summed E-state index contributed by atoms with van der Waals surface area (Å²) in [6.07, 6.45) is -0.142. The van der Waals surface area contributed by atoms with Gasteiger partial charge in [-0.3, -0.25) is 9.59 Å². The number of ether oxygens (including phenoxy) is 1. The zero-order valence-corrected chi connectivity index (χ0v) is 19.5. The molecule has 2 aliphatic heterocycles. The van der Waals surface area contributed by atoms with Gasteiger partial charge in [0.05, 0.1) is 0 Å². The number of hydrogen-bond acceptors (Lipinski definition) is 6. The van der Waals surface area contributed by atoms with Gasteiger partial charge in [-0.1, -0.05) is 65.0 Å². The van der Waals surface area contributed by atoms with Crippen molar-refractivity contribution in [1.82, 2.24) is 4.90 Å². The van der Waals surface area contributed by atoms with Crippen LogP contribution in [0.25, 0.3) is 10.8 Å². The monoisotopic (exact) mass is 503 g/mol. The van der Waals surface area contributed by atoms with Gasteiger partial charge in [-0.05, 0) is 30.7 Å². The fraction of sp³-hybridized carbons (Fsp3) is 0.348. The van der Waals surface area contributed by atoms with Gasteiger partial charge in [0.2, 0.25) is 5.91 Å². The number of esters is 1. The molecule has 31 heavy (non-hydrogen) atoms. The maximum absolute atomic E-state index is 13.2. The van der Waals surface area contributed by atoms with Gasteiger partial charge in [0.25, 0.3) is 0 Å². The van der Waals surface area contributed by atoms with Crippen molar-refractivity contribution in [1.29, 1.82) is 0 Å². The molecule has 1 N–H and O–H groups in total. The predicted molar refractivity (Wildman–Crippen MR) is 123 cm³/mol. The van der Waals surface area contributed by atoms with Crippen LogP contribution in [0.5, 0.6) is 0 Å². The van der Waals surface area contributed by atoms with E-state index < -0.39 is 44.3 Å². The number of thioether (sulfide) groups is 1. The summed E-state index contributed by atoms with van der Waals surface area (Å²) in [5.74, 6) is -1.58. The van der Waals surface area contributed by atoms with E-state index in [1.54, 1.807) is 12.1 Å². The lowest BCUT2D eigenvalue weighted by molar-refractivity contribution is -0.166. The number of aliphatic hydroxyl groups excluding tert-OH is 1. The lowest BCUT2D eigenvalue weighted by Crippen LogP contribution is -2.75. The molecule has 2 aromatic carbocycles. The number of aliphatic hydroxyl groups is 1. The van der Waals surface area contributed by atoms with Gasteiger partial charge in [0.1, 0.15) is 24.1 Å². The van der Waals surface area contributed by atoms with Crippen LogP contribution in [0.15, 0.2) is 55.1 Å². The summed E-state index contributed by atoms with van der Waals surface area (Å²) in [6.45, 7) is 7.26. The van der Waals surface area contributed by atoms with Gasteiger partial charge in [0, 0.05) is 10.3 Å². The fourth-order valence-corrected chi connectivity index (χ4v) is 6.75. The van der Waals surface area contributed by atoms with Crippen molar-refractivity contribution >= 4 is 56.1 Å². The summed E-state index contributed by atoms with van der Waals surface area (Å²) in [4.78, 5) is 40.3. The Hall–Kier alpha value is -2.16. The second-order valence-corrected chi connectivity index (χ2v) is 11.3. The molecule has 2 heterocycles. The molecular weight excluding hydrogens is 482 g/mol. The van der Waals surface area contributed by atoms with E-state index in [0.717, 1.165) is 10.8 Å². The average Bonchev–Trinajstić information content (AvgIpc) is 3.04. The van der Waals surface area contributed by atoms with Crippen molar-refractivity contribution in [3.8, 4) is 0 Å². The maximum atomic E-state index is 13.2. The van der Waals surface area contributed by atoms with E-state index in [1.807, 2.05) is 44.2 Å². The first-order valence-electron chi connectivity index (χ1n) is 9.81. The van der Waals surface area contributed by atoms with Crippen LogP contribution in [0.3, 0.4) is 0 Å². The maximum Gasteiger partial charge on any atom is 0.330 e. The fourth-order valence-electron chi connectivity index (χ4n) is 4.19. The van der Waals surface area contributed by atoms with Crippen LogP contribution in [0.4, 0.5) is 0 Å². The van der Waals surface area contributed by atoms with E-state index in [1.165, 1.54) is 22.7 Å². The minimum Gasteiger partial charge on any atom is -0.460 e. The van der Waals surface area contributed by atoms with Crippen LogP contribution < -0.4 is 0 Å². The molecule has 4 rings (SSSR count). The molecule has 0 radical (unpaired) electrons. The smallest absolute Gasteiger partial charge is 0.330 e. The van der Waals surface area contributed by atoms with E-state index in [2.05, 4.69) is 22.5 Å². The van der Waals surface area contributed by atoms with Crippen molar-refractivity contribution in [2.45, 2.75) is 40.4 Å². The number of β-lactam (4-membered cyclic amide) rings is 1. The van der Waals surface area contributed by atoms with Gasteiger partial charge in [-0.2, -0.15) is 0 Å². The average molecular weight is 504 g/mol. The predicted octanol–water partition coefficient (Wildman–Crippen LogP) is 3.31. The van der Waals surface area contributed by atoms with E-state index >= 15 is 0 Å². The van der Waals surface area contributed by atoms with E-state index in [0.29, 0.717) is 5.56 Å². The standard InChI is InChI=1S/C23H22BrNO5S/c1-4-11-30-19(28)17-22(2,3)31-21-23(24,20(29)25(17)21)18(27)16(26)15-10-9-13-7-5-6-8-14(13)12-15/h4-10,12,17-18,21,27H,1,11H2,2-3H3/t17-,18+,21+,23?/m0/s1. The topological polar surface area (TPSA) is 83.9 Å². The van der Waals surface area contributed by atoms with Gasteiger partial charge < -0.3 is 14.7 Å². The number of Topliss-reactive ketones (excluding diaryl/α,β-unsaturated/α-hetero) is 1. The molecule has 0 aliphatic carbocycles. The van der Waals surface area contributed by atoms with Gasteiger partial charge >= 0.3 is 5.97 Å². The number of rotatable bonds is 6. The zero-order valence-electron chi connectivity index (χ0n) is 17.1. The lowest BCUT2D eigenvalue weighted by Gasteiger charge is -2.51. The van der Waals surface area contributed by atoms with Crippen molar-refractivity contribution < 1.29 is 24.2 Å². The van der Waals surface area contributed by atoms with Crippen LogP contribution >= 0.6 is 27.7 Å². The summed E-state index contributed by atoms with van der Waals surface area (Å²) >= 11 is 4.74. The number of amides is 1. The molecule has 0 bridgehead atoms. The highest BCUT2D eigenvalue weighted by atomic mass is 79.9. The second kappa shape index (κ2) is 7.76. The number of fused-ring (bicyclic) bond motifs is 2. The van der Waals surface area contributed by atoms with Crippen LogP contribution in [-0.4, -0.2) is 60.9 Å². The lowest BCUT2D eigenvalue weighted by atomic mass is 9.84. The summed E-state index contributed by atoms with van der Waals surface area (Å²) in [5.41, 5.74) is 0.320. The summed E-state index contributed by atoms with van der Waals surface area (Å²) < 4.78 is 3.03. The Labute approximate surface area is 192 Å². The number of benzene rings is 2. The zero-order chi connectivity index (χ0) is 22.6. The van der Waals surface area contributed by atoms with Crippen molar-refractivity contribution in [2.75, 3.05) is 6.61 Å². The first kappa shape index (κ1) is 22.0.